The Morgan fingerprint density at radius 3 is 3.44 bits per heavy atom. The quantitative estimate of drug-likeness (QED) is 0.514. The van der Waals surface area contributed by atoms with Crippen molar-refractivity contribution in [3.8, 4) is 0 Å². The Hall–Kier alpha value is 0.270. The van der Waals surface area contributed by atoms with Crippen molar-refractivity contribution in [1.82, 2.24) is 4.72 Å². The summed E-state index contributed by atoms with van der Waals surface area (Å²) in [6, 6.07) is 0. The fourth-order valence-electron chi connectivity index (χ4n) is 1.38. The summed E-state index contributed by atoms with van der Waals surface area (Å²) in [6.07, 6.45) is 2.61. The molecule has 2 atom stereocenters. The molecule has 2 nitrogen and oxygen atoms in total. The first-order valence-electron chi connectivity index (χ1n) is 3.47. The highest BCUT2D eigenvalue weighted by molar-refractivity contribution is 7.98. The number of ether oxygens (including phenoxy) is 1. The molecule has 2 rings (SSSR count). The van der Waals surface area contributed by atoms with E-state index >= 15 is 0 Å². The van der Waals surface area contributed by atoms with E-state index in [9.17, 15) is 0 Å². The molecule has 0 amide bonds. The van der Waals surface area contributed by atoms with Crippen LogP contribution in [0.3, 0.4) is 0 Å². The molecule has 2 heterocycles. The van der Waals surface area contributed by atoms with E-state index in [1.54, 1.807) is 11.9 Å². The van der Waals surface area contributed by atoms with Gasteiger partial charge >= 0.3 is 0 Å². The molecule has 3 heteroatoms. The summed E-state index contributed by atoms with van der Waals surface area (Å²) < 4.78 is 8.76. The predicted octanol–water partition coefficient (Wildman–Crippen LogP) is 0.990. The van der Waals surface area contributed by atoms with Gasteiger partial charge in [0, 0.05) is 19.1 Å². The molecule has 0 bridgehead atoms. The molecular formula is C6H11NOS. The Morgan fingerprint density at radius 1 is 1.56 bits per heavy atom. The van der Waals surface area contributed by atoms with Crippen LogP contribution in [-0.4, -0.2) is 18.6 Å². The van der Waals surface area contributed by atoms with Gasteiger partial charge in [0.15, 0.2) is 0 Å². The molecule has 2 unspecified atom stereocenters. The second-order valence-corrected chi connectivity index (χ2v) is 3.60. The molecule has 0 aromatic carbocycles. The molecule has 0 radical (unpaired) electrons. The minimum Gasteiger partial charge on any atom is -0.366 e. The fourth-order valence-corrected chi connectivity index (χ4v) is 2.45. The van der Waals surface area contributed by atoms with E-state index in [4.69, 9.17) is 4.74 Å². The van der Waals surface area contributed by atoms with Crippen LogP contribution in [0.1, 0.15) is 12.8 Å². The van der Waals surface area contributed by atoms with Crippen LogP contribution in [-0.2, 0) is 4.74 Å². The standard InChI is InChI=1S/C6H11NOS/c1-2-5-4-7-9-6(5)8-3-1/h5-7H,1-4H2. The smallest absolute Gasteiger partial charge is 0.121 e. The van der Waals surface area contributed by atoms with Gasteiger partial charge in [-0.1, -0.05) is 0 Å². The average molecular weight is 145 g/mol. The molecule has 2 aliphatic rings. The van der Waals surface area contributed by atoms with Gasteiger partial charge in [-0.15, -0.1) is 0 Å². The third-order valence-electron chi connectivity index (χ3n) is 1.93. The van der Waals surface area contributed by atoms with E-state index in [-0.39, 0.29) is 0 Å². The van der Waals surface area contributed by atoms with Crippen molar-refractivity contribution in [1.29, 1.82) is 0 Å². The maximum atomic E-state index is 5.50. The Balaban J connectivity index is 1.97. The summed E-state index contributed by atoms with van der Waals surface area (Å²) in [4.78, 5) is 0. The number of hydrogen-bond acceptors (Lipinski definition) is 3. The second kappa shape index (κ2) is 2.48. The highest BCUT2D eigenvalue weighted by Crippen LogP contribution is 2.31. The first-order valence-corrected chi connectivity index (χ1v) is 4.35. The van der Waals surface area contributed by atoms with Gasteiger partial charge in [-0.25, -0.2) is 0 Å². The second-order valence-electron chi connectivity index (χ2n) is 2.61. The normalized spacial score (nSPS) is 42.7. The molecule has 0 aliphatic carbocycles. The zero-order valence-corrected chi connectivity index (χ0v) is 6.12. The van der Waals surface area contributed by atoms with E-state index in [0.717, 1.165) is 19.1 Å². The van der Waals surface area contributed by atoms with Crippen LogP contribution in [0.15, 0.2) is 0 Å². The zero-order valence-electron chi connectivity index (χ0n) is 5.30. The monoisotopic (exact) mass is 145 g/mol. The topological polar surface area (TPSA) is 21.3 Å². The largest absolute Gasteiger partial charge is 0.366 e. The zero-order chi connectivity index (χ0) is 6.10. The summed E-state index contributed by atoms with van der Waals surface area (Å²) in [6.45, 7) is 2.12. The minimum absolute atomic E-state index is 0.471. The first kappa shape index (κ1) is 6.01. The van der Waals surface area contributed by atoms with Crippen molar-refractivity contribution in [2.75, 3.05) is 13.2 Å². The lowest BCUT2D eigenvalue weighted by Gasteiger charge is -2.22. The molecule has 1 N–H and O–H groups in total. The average Bonchev–Trinajstić information content (AvgIpc) is 2.33. The van der Waals surface area contributed by atoms with E-state index in [1.165, 1.54) is 12.8 Å². The highest BCUT2D eigenvalue weighted by atomic mass is 32.2. The number of hydrogen-bond donors (Lipinski definition) is 1. The van der Waals surface area contributed by atoms with Crippen LogP contribution < -0.4 is 4.72 Å². The lowest BCUT2D eigenvalue weighted by atomic mass is 10.0. The molecule has 0 saturated carbocycles. The molecule has 2 saturated heterocycles. The molecule has 2 aliphatic heterocycles. The molecule has 0 spiro atoms. The molecule has 0 aromatic rings. The van der Waals surface area contributed by atoms with E-state index in [1.807, 2.05) is 0 Å². The van der Waals surface area contributed by atoms with Crippen molar-refractivity contribution >= 4 is 11.9 Å². The van der Waals surface area contributed by atoms with E-state index in [0.29, 0.717) is 5.44 Å². The van der Waals surface area contributed by atoms with Gasteiger partial charge in [0.2, 0.25) is 0 Å². The van der Waals surface area contributed by atoms with Crippen molar-refractivity contribution in [3.63, 3.8) is 0 Å². The Morgan fingerprint density at radius 2 is 2.56 bits per heavy atom. The summed E-state index contributed by atoms with van der Waals surface area (Å²) in [7, 11) is 0. The van der Waals surface area contributed by atoms with Crippen molar-refractivity contribution in [3.05, 3.63) is 0 Å². The van der Waals surface area contributed by atoms with Crippen molar-refractivity contribution in [2.24, 2.45) is 5.92 Å². The summed E-state index contributed by atoms with van der Waals surface area (Å²) >= 11 is 1.75. The van der Waals surface area contributed by atoms with Gasteiger partial charge in [0.25, 0.3) is 0 Å². The number of rotatable bonds is 0. The predicted molar refractivity (Wildman–Crippen MR) is 38.1 cm³/mol. The van der Waals surface area contributed by atoms with Crippen LogP contribution in [0.4, 0.5) is 0 Å². The fraction of sp³-hybridized carbons (Fsp3) is 1.00. The molecular weight excluding hydrogens is 134 g/mol. The van der Waals surface area contributed by atoms with Crippen molar-refractivity contribution < 1.29 is 4.74 Å². The Kier molecular flexibility index (Phi) is 1.66. The van der Waals surface area contributed by atoms with E-state index < -0.39 is 0 Å². The summed E-state index contributed by atoms with van der Waals surface area (Å²) in [5.74, 6) is 0.795. The van der Waals surface area contributed by atoms with Crippen LogP contribution in [0, 0.1) is 5.92 Å². The van der Waals surface area contributed by atoms with Gasteiger partial charge in [0.05, 0.1) is 0 Å². The highest BCUT2D eigenvalue weighted by Gasteiger charge is 2.30. The lowest BCUT2D eigenvalue weighted by molar-refractivity contribution is 0.0395. The van der Waals surface area contributed by atoms with Crippen LogP contribution in [0.5, 0.6) is 0 Å². The first-order chi connectivity index (χ1) is 4.47. The minimum atomic E-state index is 0.471. The molecule has 9 heavy (non-hydrogen) atoms. The molecule has 52 valence electrons. The Labute approximate surface area is 59.5 Å². The van der Waals surface area contributed by atoms with Crippen LogP contribution in [0.25, 0.3) is 0 Å². The van der Waals surface area contributed by atoms with Crippen LogP contribution >= 0.6 is 11.9 Å². The third-order valence-corrected chi connectivity index (χ3v) is 3.02. The maximum Gasteiger partial charge on any atom is 0.121 e. The maximum absolute atomic E-state index is 5.50. The van der Waals surface area contributed by atoms with Gasteiger partial charge < -0.3 is 4.74 Å². The van der Waals surface area contributed by atoms with Gasteiger partial charge in [-0.2, -0.15) is 0 Å². The third kappa shape index (κ3) is 1.09. The molecule has 0 aromatic heterocycles. The number of nitrogens with one attached hydrogen (secondary N) is 1. The Bertz CT molecular complexity index is 97.2. The van der Waals surface area contributed by atoms with Crippen molar-refractivity contribution in [2.45, 2.75) is 18.3 Å². The number of fused-ring (bicyclic) bond motifs is 1. The van der Waals surface area contributed by atoms with Gasteiger partial charge in [-0.3, -0.25) is 4.72 Å². The SMILES string of the molecule is C1COC2SNCC2C1. The lowest BCUT2D eigenvalue weighted by Crippen LogP contribution is -2.24. The van der Waals surface area contributed by atoms with E-state index in [2.05, 4.69) is 4.72 Å². The van der Waals surface area contributed by atoms with Crippen LogP contribution in [0.2, 0.25) is 0 Å². The van der Waals surface area contributed by atoms with Gasteiger partial charge in [0.1, 0.15) is 5.44 Å². The van der Waals surface area contributed by atoms with Gasteiger partial charge in [-0.05, 0) is 24.8 Å². The molecule has 2 fully saturated rings. The summed E-state index contributed by atoms with van der Waals surface area (Å²) in [5, 5.41) is 0. The summed E-state index contributed by atoms with van der Waals surface area (Å²) in [5.41, 5.74) is 0.471.